The topological polar surface area (TPSA) is 84.6 Å². The van der Waals surface area contributed by atoms with Crippen molar-refractivity contribution in [1.29, 1.82) is 0 Å². The fraction of sp³-hybridized carbons (Fsp3) is 0.0909. The molecular weight excluding hydrogens is 422 g/mol. The van der Waals surface area contributed by atoms with E-state index in [0.717, 1.165) is 16.2 Å². The lowest BCUT2D eigenvalue weighted by molar-refractivity contribution is -0.384. The average molecular weight is 440 g/mol. The van der Waals surface area contributed by atoms with Crippen molar-refractivity contribution in [1.82, 2.24) is 5.43 Å². The molecule has 3 aromatic rings. The van der Waals surface area contributed by atoms with Gasteiger partial charge in [0.05, 0.1) is 10.6 Å². The van der Waals surface area contributed by atoms with E-state index in [9.17, 15) is 14.9 Å². The van der Waals surface area contributed by atoms with Crippen molar-refractivity contribution < 1.29 is 9.72 Å². The molecule has 0 saturated heterocycles. The Morgan fingerprint density at radius 1 is 1.07 bits per heavy atom. The van der Waals surface area contributed by atoms with Crippen molar-refractivity contribution in [2.24, 2.45) is 5.10 Å². The molecule has 0 heterocycles. The number of hydrogen-bond acceptors (Lipinski definition) is 5. The summed E-state index contributed by atoms with van der Waals surface area (Å²) in [4.78, 5) is 23.9. The molecule has 0 unspecified atom stereocenters. The molecule has 152 valence electrons. The monoisotopic (exact) mass is 439 g/mol. The first-order valence-electron chi connectivity index (χ1n) is 8.99. The van der Waals surface area contributed by atoms with Crippen molar-refractivity contribution in [3.05, 3.63) is 105 Å². The average Bonchev–Trinajstić information content (AvgIpc) is 2.77. The summed E-state index contributed by atoms with van der Waals surface area (Å²) in [6.07, 6.45) is 0. The first-order valence-corrected chi connectivity index (χ1v) is 10.4. The lowest BCUT2D eigenvalue weighted by atomic mass is 10.1. The quantitative estimate of drug-likeness (QED) is 0.221. The van der Waals surface area contributed by atoms with Crippen molar-refractivity contribution in [3.8, 4) is 0 Å². The molecular formula is C22H18ClN3O3S. The number of hydrogen-bond donors (Lipinski definition) is 1. The molecule has 0 aliphatic carbocycles. The molecule has 0 radical (unpaired) electrons. The second-order valence-electron chi connectivity index (χ2n) is 6.39. The van der Waals surface area contributed by atoms with Crippen LogP contribution in [0.2, 0.25) is 5.02 Å². The predicted molar refractivity (Wildman–Crippen MR) is 120 cm³/mol. The molecule has 6 nitrogen and oxygen atoms in total. The van der Waals surface area contributed by atoms with Crippen LogP contribution >= 0.6 is 23.4 Å². The highest BCUT2D eigenvalue weighted by Crippen LogP contribution is 2.24. The number of benzene rings is 3. The molecule has 0 spiro atoms. The molecule has 1 amide bonds. The zero-order valence-corrected chi connectivity index (χ0v) is 17.6. The van der Waals surface area contributed by atoms with Crippen molar-refractivity contribution >= 4 is 40.7 Å². The standard InChI is InChI=1S/C22H18ClN3O3S/c1-15(18-3-2-4-20(13-18)26(28)29)24-25-22(27)17-7-5-16(6-8-17)14-30-21-11-9-19(23)10-12-21/h2-13H,14H2,1H3,(H,25,27)/b24-15-. The van der Waals surface area contributed by atoms with E-state index in [4.69, 9.17) is 11.6 Å². The maximum Gasteiger partial charge on any atom is 0.271 e. The number of rotatable bonds is 7. The Balaban J connectivity index is 1.58. The Kier molecular flexibility index (Phi) is 7.21. The molecule has 0 aliphatic heterocycles. The molecule has 0 atom stereocenters. The fourth-order valence-corrected chi connectivity index (χ4v) is 3.54. The number of nitrogens with zero attached hydrogens (tertiary/aromatic N) is 2. The normalized spacial score (nSPS) is 11.2. The van der Waals surface area contributed by atoms with Crippen LogP contribution in [-0.4, -0.2) is 16.5 Å². The molecule has 0 aliphatic rings. The number of nitrogens with one attached hydrogen (secondary N) is 1. The number of hydrazone groups is 1. The third kappa shape index (κ3) is 5.92. The number of carbonyl (C=O) groups is 1. The van der Waals surface area contributed by atoms with Crippen LogP contribution in [0, 0.1) is 10.1 Å². The van der Waals surface area contributed by atoms with E-state index in [2.05, 4.69) is 10.5 Å². The van der Waals surface area contributed by atoms with Crippen LogP contribution in [0.3, 0.4) is 0 Å². The first kappa shape index (κ1) is 21.5. The highest BCUT2D eigenvalue weighted by Gasteiger charge is 2.09. The minimum absolute atomic E-state index is 0.0274. The van der Waals surface area contributed by atoms with Gasteiger partial charge >= 0.3 is 0 Å². The molecule has 3 aromatic carbocycles. The Morgan fingerprint density at radius 3 is 2.43 bits per heavy atom. The van der Waals surface area contributed by atoms with E-state index >= 15 is 0 Å². The smallest absolute Gasteiger partial charge is 0.267 e. The molecule has 3 rings (SSSR count). The molecule has 0 aromatic heterocycles. The van der Waals surface area contributed by atoms with Gasteiger partial charge in [-0.2, -0.15) is 5.10 Å². The zero-order valence-electron chi connectivity index (χ0n) is 16.0. The summed E-state index contributed by atoms with van der Waals surface area (Å²) in [5, 5.41) is 15.6. The molecule has 1 N–H and O–H groups in total. The van der Waals surface area contributed by atoms with Crippen molar-refractivity contribution in [3.63, 3.8) is 0 Å². The van der Waals surface area contributed by atoms with Crippen molar-refractivity contribution in [2.45, 2.75) is 17.6 Å². The number of non-ortho nitro benzene ring substituents is 1. The minimum Gasteiger partial charge on any atom is -0.267 e. The number of carbonyl (C=O) groups excluding carboxylic acids is 1. The summed E-state index contributed by atoms with van der Waals surface area (Å²) in [5.41, 5.74) is 5.07. The van der Waals surface area contributed by atoms with E-state index in [1.807, 2.05) is 36.4 Å². The summed E-state index contributed by atoms with van der Waals surface area (Å²) in [5.74, 6) is 0.421. The summed E-state index contributed by atoms with van der Waals surface area (Å²) < 4.78 is 0. The number of thioether (sulfide) groups is 1. The zero-order chi connectivity index (χ0) is 21.5. The third-order valence-corrected chi connectivity index (χ3v) is 5.57. The van der Waals surface area contributed by atoms with Gasteiger partial charge in [0.25, 0.3) is 11.6 Å². The van der Waals surface area contributed by atoms with Crippen LogP contribution in [0.25, 0.3) is 0 Å². The Bertz CT molecular complexity index is 1080. The number of halogens is 1. The van der Waals surface area contributed by atoms with Crippen LogP contribution in [0.4, 0.5) is 5.69 Å². The third-order valence-electron chi connectivity index (χ3n) is 4.24. The Morgan fingerprint density at radius 2 is 1.77 bits per heavy atom. The molecule has 8 heteroatoms. The lowest BCUT2D eigenvalue weighted by Crippen LogP contribution is -2.19. The Labute approximate surface area is 183 Å². The molecule has 30 heavy (non-hydrogen) atoms. The van der Waals surface area contributed by atoms with Crippen LogP contribution < -0.4 is 5.43 Å². The van der Waals surface area contributed by atoms with Gasteiger partial charge in [-0.25, -0.2) is 5.43 Å². The van der Waals surface area contributed by atoms with Gasteiger partial charge in [-0.15, -0.1) is 11.8 Å². The number of nitro groups is 1. The maximum absolute atomic E-state index is 12.3. The van der Waals surface area contributed by atoms with Crippen LogP contribution in [-0.2, 0) is 5.75 Å². The summed E-state index contributed by atoms with van der Waals surface area (Å²) in [6, 6.07) is 21.0. The van der Waals surface area contributed by atoms with Crippen LogP contribution in [0.1, 0.15) is 28.4 Å². The van der Waals surface area contributed by atoms with Gasteiger partial charge < -0.3 is 0 Å². The van der Waals surface area contributed by atoms with Gasteiger partial charge in [-0.3, -0.25) is 14.9 Å². The summed E-state index contributed by atoms with van der Waals surface area (Å²) >= 11 is 7.57. The van der Waals surface area contributed by atoms with Gasteiger partial charge in [-0.05, 0) is 48.9 Å². The van der Waals surface area contributed by atoms with E-state index in [1.54, 1.807) is 43.0 Å². The highest BCUT2D eigenvalue weighted by molar-refractivity contribution is 7.98. The number of amides is 1. The van der Waals surface area contributed by atoms with Crippen molar-refractivity contribution in [2.75, 3.05) is 0 Å². The molecule has 0 saturated carbocycles. The molecule has 0 fully saturated rings. The fourth-order valence-electron chi connectivity index (χ4n) is 2.56. The van der Waals surface area contributed by atoms with Crippen LogP contribution in [0.15, 0.2) is 82.8 Å². The second-order valence-corrected chi connectivity index (χ2v) is 7.87. The largest absolute Gasteiger partial charge is 0.271 e. The Hall–Kier alpha value is -3.16. The van der Waals surface area contributed by atoms with E-state index < -0.39 is 4.92 Å². The minimum atomic E-state index is -0.470. The van der Waals surface area contributed by atoms with Gasteiger partial charge in [0.2, 0.25) is 0 Å². The summed E-state index contributed by atoms with van der Waals surface area (Å²) in [7, 11) is 0. The van der Waals surface area contributed by atoms with Gasteiger partial charge in [0, 0.05) is 38.9 Å². The first-order chi connectivity index (χ1) is 14.4. The summed E-state index contributed by atoms with van der Waals surface area (Å²) in [6.45, 7) is 1.68. The van der Waals surface area contributed by atoms with E-state index in [1.165, 1.54) is 12.1 Å². The second kappa shape index (κ2) is 10.0. The van der Waals surface area contributed by atoms with Gasteiger partial charge in [0.1, 0.15) is 0 Å². The number of nitro benzene ring substituents is 1. The van der Waals surface area contributed by atoms with Crippen LogP contribution in [0.5, 0.6) is 0 Å². The van der Waals surface area contributed by atoms with E-state index in [-0.39, 0.29) is 11.6 Å². The lowest BCUT2D eigenvalue weighted by Gasteiger charge is -2.05. The molecule has 0 bridgehead atoms. The predicted octanol–water partition coefficient (Wildman–Crippen LogP) is 5.69. The van der Waals surface area contributed by atoms with Gasteiger partial charge in [-0.1, -0.05) is 35.9 Å². The van der Waals surface area contributed by atoms with E-state index in [0.29, 0.717) is 21.9 Å². The van der Waals surface area contributed by atoms with Gasteiger partial charge in [0.15, 0.2) is 0 Å². The maximum atomic E-state index is 12.3. The SMILES string of the molecule is C/C(=N/NC(=O)c1ccc(CSc2ccc(Cl)cc2)cc1)c1cccc([N+](=O)[O-])c1. The highest BCUT2D eigenvalue weighted by atomic mass is 35.5.